The van der Waals surface area contributed by atoms with Crippen molar-refractivity contribution in [3.05, 3.63) is 46.0 Å². The fourth-order valence-corrected chi connectivity index (χ4v) is 3.06. The van der Waals surface area contributed by atoms with Crippen LogP contribution < -0.4 is 9.80 Å². The van der Waals surface area contributed by atoms with Gasteiger partial charge in [0.05, 0.1) is 16.4 Å². The molecular weight excluding hydrogens is 326 g/mol. The second kappa shape index (κ2) is 5.02. The Kier molecular flexibility index (Phi) is 3.37. The lowest BCUT2D eigenvalue weighted by atomic mass is 10.1. The quantitative estimate of drug-likeness (QED) is 0.781. The number of benzene rings is 1. The molecule has 0 radical (unpaired) electrons. The molecule has 0 atom stereocenters. The molecule has 0 aliphatic carbocycles. The van der Waals surface area contributed by atoms with Crippen LogP contribution in [0.15, 0.2) is 41.0 Å². The first kappa shape index (κ1) is 12.8. The van der Waals surface area contributed by atoms with Crippen LogP contribution in [-0.2, 0) is 0 Å². The van der Waals surface area contributed by atoms with Crippen molar-refractivity contribution in [3.8, 4) is 0 Å². The molecule has 2 heterocycles. The number of hydrogen-bond donors (Lipinski definition) is 0. The minimum Gasteiger partial charge on any atom is -0.371 e. The second-order valence-electron chi connectivity index (χ2n) is 4.52. The van der Waals surface area contributed by atoms with Crippen LogP contribution in [0.1, 0.15) is 0 Å². The van der Waals surface area contributed by atoms with E-state index in [0.717, 1.165) is 29.1 Å². The Bertz CT molecular complexity index is 617. The Morgan fingerprint density at radius 3 is 2.68 bits per heavy atom. The van der Waals surface area contributed by atoms with E-state index in [-0.39, 0.29) is 0 Å². The highest BCUT2D eigenvalue weighted by atomic mass is 79.9. The van der Waals surface area contributed by atoms with Crippen molar-refractivity contribution in [3.63, 3.8) is 0 Å². The molecule has 0 spiro atoms. The molecule has 3 rings (SSSR count). The Morgan fingerprint density at radius 1 is 1.21 bits per heavy atom. The third-order valence-corrected chi connectivity index (χ3v) is 4.00. The summed E-state index contributed by atoms with van der Waals surface area (Å²) in [7, 11) is 2.10. The van der Waals surface area contributed by atoms with Gasteiger partial charge in [0.1, 0.15) is 0 Å². The van der Waals surface area contributed by atoms with Crippen LogP contribution >= 0.6 is 27.5 Å². The number of nitrogens with zero attached hydrogens (tertiary/aromatic N) is 3. The largest absolute Gasteiger partial charge is 0.371 e. The molecule has 2 aromatic rings. The first-order valence-electron chi connectivity index (χ1n) is 6.05. The number of anilines is 3. The summed E-state index contributed by atoms with van der Waals surface area (Å²) in [5.74, 6) is 0.811. The smallest absolute Gasteiger partial charge is 0.151 e. The number of hydrogen-bond acceptors (Lipinski definition) is 3. The molecule has 0 saturated carbocycles. The van der Waals surface area contributed by atoms with E-state index in [1.807, 2.05) is 12.1 Å². The highest BCUT2D eigenvalue weighted by Gasteiger charge is 2.23. The van der Waals surface area contributed by atoms with Crippen molar-refractivity contribution in [2.24, 2.45) is 0 Å². The molecule has 5 heteroatoms. The van der Waals surface area contributed by atoms with Crippen LogP contribution in [0.3, 0.4) is 0 Å². The van der Waals surface area contributed by atoms with E-state index >= 15 is 0 Å². The molecule has 0 N–H and O–H groups in total. The molecule has 3 nitrogen and oxygen atoms in total. The van der Waals surface area contributed by atoms with Gasteiger partial charge in [-0.3, -0.25) is 0 Å². The number of fused-ring (bicyclic) bond motifs is 1. The van der Waals surface area contributed by atoms with Crippen LogP contribution in [0.25, 0.3) is 0 Å². The first-order valence-corrected chi connectivity index (χ1v) is 7.22. The predicted octanol–water partition coefficient (Wildman–Crippen LogP) is 4.09. The SMILES string of the molecule is CN1CCN(c2ncc(Br)cc2Cl)c2ccccc21. The standard InChI is InChI=1S/C14H13BrClN3/c1-18-6-7-19(13-5-3-2-4-12(13)18)14-11(16)8-10(15)9-17-14/h2-5,8-9H,6-7H2,1H3. The summed E-state index contributed by atoms with van der Waals surface area (Å²) >= 11 is 9.71. The molecule has 0 amide bonds. The van der Waals surface area contributed by atoms with Crippen LogP contribution in [0, 0.1) is 0 Å². The molecule has 1 aliphatic rings. The minimum absolute atomic E-state index is 0.661. The minimum atomic E-state index is 0.661. The van der Waals surface area contributed by atoms with Crippen LogP contribution in [-0.4, -0.2) is 25.1 Å². The predicted molar refractivity (Wildman–Crippen MR) is 83.7 cm³/mol. The van der Waals surface area contributed by atoms with Gasteiger partial charge in [0, 0.05) is 30.8 Å². The Morgan fingerprint density at radius 2 is 1.95 bits per heavy atom. The number of halogens is 2. The number of pyridine rings is 1. The van der Waals surface area contributed by atoms with Crippen LogP contribution in [0.4, 0.5) is 17.2 Å². The molecule has 0 unspecified atom stereocenters. The third kappa shape index (κ3) is 2.30. The van der Waals surface area contributed by atoms with Gasteiger partial charge in [0.2, 0.25) is 0 Å². The fourth-order valence-electron chi connectivity index (χ4n) is 2.33. The zero-order valence-electron chi connectivity index (χ0n) is 10.5. The molecule has 19 heavy (non-hydrogen) atoms. The fraction of sp³-hybridized carbons (Fsp3) is 0.214. The van der Waals surface area contributed by atoms with E-state index in [0.29, 0.717) is 5.02 Å². The second-order valence-corrected chi connectivity index (χ2v) is 5.84. The molecule has 0 fully saturated rings. The third-order valence-electron chi connectivity index (χ3n) is 3.29. The lowest BCUT2D eigenvalue weighted by Gasteiger charge is -2.36. The maximum Gasteiger partial charge on any atom is 0.151 e. The molecule has 0 saturated heterocycles. The van der Waals surface area contributed by atoms with Crippen molar-refractivity contribution < 1.29 is 0 Å². The summed E-state index contributed by atoms with van der Waals surface area (Å²) in [4.78, 5) is 8.87. The van der Waals surface area contributed by atoms with Crippen LogP contribution in [0.5, 0.6) is 0 Å². The van der Waals surface area contributed by atoms with Gasteiger partial charge in [-0.25, -0.2) is 4.98 Å². The average molecular weight is 339 g/mol. The topological polar surface area (TPSA) is 19.4 Å². The maximum atomic E-state index is 6.32. The highest BCUT2D eigenvalue weighted by Crippen LogP contribution is 2.38. The van der Waals surface area contributed by atoms with Gasteiger partial charge >= 0.3 is 0 Å². The number of aromatic nitrogens is 1. The molecule has 0 bridgehead atoms. The summed E-state index contributed by atoms with van der Waals surface area (Å²) < 4.78 is 0.892. The normalized spacial score (nSPS) is 14.5. The van der Waals surface area contributed by atoms with Crippen molar-refractivity contribution in [2.75, 3.05) is 29.9 Å². The summed E-state index contributed by atoms with van der Waals surface area (Å²) in [6.07, 6.45) is 1.78. The zero-order valence-corrected chi connectivity index (χ0v) is 12.8. The van der Waals surface area contributed by atoms with Gasteiger partial charge in [-0.15, -0.1) is 0 Å². The van der Waals surface area contributed by atoms with Crippen molar-refractivity contribution in [1.29, 1.82) is 0 Å². The van der Waals surface area contributed by atoms with E-state index in [1.165, 1.54) is 5.69 Å². The van der Waals surface area contributed by atoms with Crippen molar-refractivity contribution >= 4 is 44.7 Å². The summed E-state index contributed by atoms with van der Waals surface area (Å²) in [5, 5.41) is 0.661. The monoisotopic (exact) mass is 337 g/mol. The molecular formula is C14H13BrClN3. The number of para-hydroxylation sites is 2. The molecule has 1 aromatic heterocycles. The van der Waals surface area contributed by atoms with E-state index in [2.05, 4.69) is 56.0 Å². The van der Waals surface area contributed by atoms with E-state index < -0.39 is 0 Å². The maximum absolute atomic E-state index is 6.32. The molecule has 98 valence electrons. The van der Waals surface area contributed by atoms with Gasteiger partial charge in [0.15, 0.2) is 5.82 Å². The lowest BCUT2D eigenvalue weighted by Crippen LogP contribution is -2.36. The summed E-state index contributed by atoms with van der Waals surface area (Å²) in [6, 6.07) is 10.2. The van der Waals surface area contributed by atoms with Crippen molar-refractivity contribution in [1.82, 2.24) is 4.98 Å². The number of likely N-dealkylation sites (N-methyl/N-ethyl adjacent to an activating group) is 1. The van der Waals surface area contributed by atoms with Gasteiger partial charge in [-0.1, -0.05) is 23.7 Å². The average Bonchev–Trinajstić information content (AvgIpc) is 2.41. The van der Waals surface area contributed by atoms with Gasteiger partial charge < -0.3 is 9.80 Å². The molecule has 1 aliphatic heterocycles. The van der Waals surface area contributed by atoms with E-state index in [1.54, 1.807) is 6.20 Å². The van der Waals surface area contributed by atoms with Gasteiger partial charge in [-0.05, 0) is 34.1 Å². The van der Waals surface area contributed by atoms with E-state index in [9.17, 15) is 0 Å². The van der Waals surface area contributed by atoms with Crippen LogP contribution in [0.2, 0.25) is 5.02 Å². The summed E-state index contributed by atoms with van der Waals surface area (Å²) in [6.45, 7) is 1.83. The Hall–Kier alpha value is -1.26. The Labute approximate surface area is 125 Å². The van der Waals surface area contributed by atoms with E-state index in [4.69, 9.17) is 11.6 Å². The lowest BCUT2D eigenvalue weighted by molar-refractivity contribution is 0.813. The van der Waals surface area contributed by atoms with Gasteiger partial charge in [-0.2, -0.15) is 0 Å². The van der Waals surface area contributed by atoms with Gasteiger partial charge in [0.25, 0.3) is 0 Å². The summed E-state index contributed by atoms with van der Waals surface area (Å²) in [5.41, 5.74) is 2.35. The number of rotatable bonds is 1. The zero-order chi connectivity index (χ0) is 13.4. The first-order chi connectivity index (χ1) is 9.16. The van der Waals surface area contributed by atoms with Crippen molar-refractivity contribution in [2.45, 2.75) is 0 Å². The Balaban J connectivity index is 2.09. The highest BCUT2D eigenvalue weighted by molar-refractivity contribution is 9.10. The molecule has 1 aromatic carbocycles.